The fourth-order valence-electron chi connectivity index (χ4n) is 1.86. The monoisotopic (exact) mass is 285 g/mol. The molecule has 0 radical (unpaired) electrons. The largest absolute Gasteiger partial charge is 0.341 e. The van der Waals surface area contributed by atoms with Gasteiger partial charge in [-0.1, -0.05) is 28.1 Å². The van der Waals surface area contributed by atoms with E-state index in [0.717, 1.165) is 18.5 Å². The van der Waals surface area contributed by atoms with Gasteiger partial charge in [0.05, 0.1) is 0 Å². The smallest absolute Gasteiger partial charge is 0.223 e. The highest BCUT2D eigenvalue weighted by molar-refractivity contribution is 9.09. The van der Waals surface area contributed by atoms with Crippen molar-refractivity contribution >= 4 is 21.8 Å². The molecule has 1 aromatic rings. The number of benzene rings is 1. The molecule has 1 amide bonds. The molecule has 1 heterocycles. The van der Waals surface area contributed by atoms with Crippen molar-refractivity contribution in [2.45, 2.75) is 17.7 Å². The quantitative estimate of drug-likeness (QED) is 0.781. The van der Waals surface area contributed by atoms with Gasteiger partial charge >= 0.3 is 0 Å². The Morgan fingerprint density at radius 1 is 1.38 bits per heavy atom. The van der Waals surface area contributed by atoms with Crippen molar-refractivity contribution in [1.82, 2.24) is 4.90 Å². The van der Waals surface area contributed by atoms with Gasteiger partial charge in [-0.3, -0.25) is 4.79 Å². The molecule has 0 spiro atoms. The maximum Gasteiger partial charge on any atom is 0.223 e. The van der Waals surface area contributed by atoms with Crippen LogP contribution in [0.3, 0.4) is 0 Å². The topological polar surface area (TPSA) is 20.3 Å². The van der Waals surface area contributed by atoms with E-state index in [0.29, 0.717) is 13.0 Å². The van der Waals surface area contributed by atoms with Gasteiger partial charge in [-0.25, -0.2) is 4.39 Å². The fraction of sp³-hybridized carbons (Fsp3) is 0.417. The summed E-state index contributed by atoms with van der Waals surface area (Å²) in [6, 6.07) is 6.44. The third kappa shape index (κ3) is 2.82. The van der Waals surface area contributed by atoms with Crippen LogP contribution in [0.2, 0.25) is 0 Å². The second-order valence-electron chi connectivity index (χ2n) is 4.02. The van der Waals surface area contributed by atoms with Crippen molar-refractivity contribution in [3.8, 4) is 0 Å². The Morgan fingerprint density at radius 2 is 2.06 bits per heavy atom. The van der Waals surface area contributed by atoms with Gasteiger partial charge in [-0.15, -0.1) is 0 Å². The summed E-state index contributed by atoms with van der Waals surface area (Å²) in [4.78, 5) is 13.6. The maximum absolute atomic E-state index is 12.7. The van der Waals surface area contributed by atoms with Gasteiger partial charge in [0.1, 0.15) is 5.82 Å². The molecule has 1 aliphatic heterocycles. The third-order valence-electron chi connectivity index (χ3n) is 2.75. The Balaban J connectivity index is 1.88. The number of rotatable bonds is 3. The lowest BCUT2D eigenvalue weighted by atomic mass is 10.1. The van der Waals surface area contributed by atoms with Gasteiger partial charge in [0.2, 0.25) is 5.91 Å². The fourth-order valence-corrected chi connectivity index (χ4v) is 2.48. The molecule has 1 aliphatic rings. The zero-order valence-electron chi connectivity index (χ0n) is 8.83. The van der Waals surface area contributed by atoms with Crippen LogP contribution in [0.25, 0.3) is 0 Å². The summed E-state index contributed by atoms with van der Waals surface area (Å²) in [5.41, 5.74) is 1.06. The van der Waals surface area contributed by atoms with Gasteiger partial charge in [0.25, 0.3) is 0 Å². The highest BCUT2D eigenvalue weighted by Gasteiger charge is 2.26. The number of alkyl halides is 1. The lowest BCUT2D eigenvalue weighted by Gasteiger charge is -2.15. The molecule has 86 valence electrons. The van der Waals surface area contributed by atoms with Crippen molar-refractivity contribution in [1.29, 1.82) is 0 Å². The van der Waals surface area contributed by atoms with E-state index in [1.807, 2.05) is 4.90 Å². The molecule has 1 aromatic carbocycles. The van der Waals surface area contributed by atoms with E-state index in [-0.39, 0.29) is 16.6 Å². The van der Waals surface area contributed by atoms with Crippen LogP contribution in [0.1, 0.15) is 12.0 Å². The third-order valence-corrected chi connectivity index (χ3v) is 3.36. The van der Waals surface area contributed by atoms with Crippen LogP contribution >= 0.6 is 15.9 Å². The van der Waals surface area contributed by atoms with Crippen molar-refractivity contribution in [3.05, 3.63) is 35.6 Å². The van der Waals surface area contributed by atoms with Gasteiger partial charge in [0.15, 0.2) is 0 Å². The van der Waals surface area contributed by atoms with E-state index in [9.17, 15) is 9.18 Å². The van der Waals surface area contributed by atoms with E-state index in [1.165, 1.54) is 12.1 Å². The molecule has 0 N–H and O–H groups in total. The minimum Gasteiger partial charge on any atom is -0.341 e. The van der Waals surface area contributed by atoms with Crippen molar-refractivity contribution in [2.75, 3.05) is 13.1 Å². The van der Waals surface area contributed by atoms with Crippen molar-refractivity contribution in [2.24, 2.45) is 0 Å². The highest BCUT2D eigenvalue weighted by atomic mass is 79.9. The highest BCUT2D eigenvalue weighted by Crippen LogP contribution is 2.18. The predicted octanol–water partition coefficient (Wildman–Crippen LogP) is 2.36. The normalized spacial score (nSPS) is 20.5. The molecule has 4 heteroatoms. The molecule has 1 saturated heterocycles. The Hall–Kier alpha value is -0.900. The second-order valence-corrected chi connectivity index (χ2v) is 5.31. The van der Waals surface area contributed by atoms with Crippen LogP contribution in [-0.4, -0.2) is 28.7 Å². The van der Waals surface area contributed by atoms with Crippen molar-refractivity contribution in [3.63, 3.8) is 0 Å². The number of likely N-dealkylation sites (tertiary alicyclic amines) is 1. The van der Waals surface area contributed by atoms with E-state index in [1.54, 1.807) is 12.1 Å². The summed E-state index contributed by atoms with van der Waals surface area (Å²) in [7, 11) is 0. The summed E-state index contributed by atoms with van der Waals surface area (Å²) in [5.74, 6) is -0.0227. The Morgan fingerprint density at radius 3 is 2.62 bits per heavy atom. The summed E-state index contributed by atoms with van der Waals surface area (Å²) in [6.07, 6.45) is 1.37. The zero-order valence-corrected chi connectivity index (χ0v) is 10.4. The Labute approximate surface area is 103 Å². The van der Waals surface area contributed by atoms with Crippen molar-refractivity contribution < 1.29 is 9.18 Å². The first-order valence-electron chi connectivity index (χ1n) is 5.31. The van der Waals surface area contributed by atoms with Gasteiger partial charge in [0, 0.05) is 24.3 Å². The summed E-state index contributed by atoms with van der Waals surface area (Å²) >= 11 is 3.44. The minimum atomic E-state index is -0.221. The zero-order chi connectivity index (χ0) is 11.5. The average Bonchev–Trinajstić information content (AvgIpc) is 2.57. The SMILES string of the molecule is O=C1CC(Br)CN1CCc1ccc(F)cc1. The summed E-state index contributed by atoms with van der Waals surface area (Å²) < 4.78 is 12.7. The second kappa shape index (κ2) is 4.95. The number of nitrogens with zero attached hydrogens (tertiary/aromatic N) is 1. The molecule has 2 rings (SSSR count). The minimum absolute atomic E-state index is 0.198. The molecule has 1 atom stereocenters. The first-order chi connectivity index (χ1) is 7.65. The van der Waals surface area contributed by atoms with Gasteiger partial charge in [-0.2, -0.15) is 0 Å². The van der Waals surface area contributed by atoms with E-state index >= 15 is 0 Å². The van der Waals surface area contributed by atoms with Crippen LogP contribution in [-0.2, 0) is 11.2 Å². The lowest BCUT2D eigenvalue weighted by molar-refractivity contribution is -0.127. The van der Waals surface area contributed by atoms with Gasteiger partial charge < -0.3 is 4.90 Å². The summed E-state index contributed by atoms with van der Waals surface area (Å²) in [6.45, 7) is 1.49. The molecule has 0 aliphatic carbocycles. The van der Waals surface area contributed by atoms with E-state index in [4.69, 9.17) is 0 Å². The molecule has 1 fully saturated rings. The Kier molecular flexibility index (Phi) is 3.59. The average molecular weight is 286 g/mol. The number of carbonyl (C=O) groups excluding carboxylic acids is 1. The van der Waals surface area contributed by atoms with Crippen LogP contribution in [0.15, 0.2) is 24.3 Å². The molecule has 0 saturated carbocycles. The van der Waals surface area contributed by atoms with Crippen LogP contribution < -0.4 is 0 Å². The molecule has 0 bridgehead atoms. The number of amides is 1. The number of carbonyl (C=O) groups is 1. The molecule has 2 nitrogen and oxygen atoms in total. The molecule has 0 aromatic heterocycles. The number of hydrogen-bond donors (Lipinski definition) is 0. The number of hydrogen-bond acceptors (Lipinski definition) is 1. The van der Waals surface area contributed by atoms with E-state index < -0.39 is 0 Å². The standard InChI is InChI=1S/C12H13BrFNO/c13-10-7-12(16)15(8-10)6-5-9-1-3-11(14)4-2-9/h1-4,10H,5-8H2. The van der Waals surface area contributed by atoms with Crippen LogP contribution in [0.4, 0.5) is 4.39 Å². The maximum atomic E-state index is 12.7. The van der Waals surface area contributed by atoms with Crippen LogP contribution in [0.5, 0.6) is 0 Å². The first-order valence-corrected chi connectivity index (χ1v) is 6.23. The predicted molar refractivity (Wildman–Crippen MR) is 64.0 cm³/mol. The van der Waals surface area contributed by atoms with Crippen LogP contribution in [0, 0.1) is 5.82 Å². The lowest BCUT2D eigenvalue weighted by Crippen LogP contribution is -2.27. The molecule has 1 unspecified atom stereocenters. The molecular formula is C12H13BrFNO. The van der Waals surface area contributed by atoms with E-state index in [2.05, 4.69) is 15.9 Å². The molecular weight excluding hydrogens is 273 g/mol. The first kappa shape index (κ1) is 11.6. The Bertz CT molecular complexity index is 379. The molecule has 16 heavy (non-hydrogen) atoms. The number of halogens is 2. The van der Waals surface area contributed by atoms with Gasteiger partial charge in [-0.05, 0) is 24.1 Å². The summed E-state index contributed by atoms with van der Waals surface area (Å²) in [5, 5.41) is 0.